The Morgan fingerprint density at radius 1 is 1.45 bits per heavy atom. The van der Waals surface area contributed by atoms with E-state index in [1.807, 2.05) is 0 Å². The number of alkyl halides is 1. The number of hydrogen-bond acceptors (Lipinski definition) is 1. The Hall–Kier alpha value is -0.640. The van der Waals surface area contributed by atoms with Crippen LogP contribution in [-0.2, 0) is 6.67 Å². The van der Waals surface area contributed by atoms with Crippen LogP contribution in [0.15, 0.2) is 16.6 Å². The summed E-state index contributed by atoms with van der Waals surface area (Å²) < 4.78 is 25.0. The summed E-state index contributed by atoms with van der Waals surface area (Å²) in [5.41, 5.74) is 5.56. The fraction of sp³-hybridized carbons (Fsp3) is 0.143. The molecule has 60 valence electrons. The van der Waals surface area contributed by atoms with Crippen molar-refractivity contribution in [3.05, 3.63) is 28.0 Å². The van der Waals surface area contributed by atoms with E-state index in [1.165, 1.54) is 12.1 Å². The predicted molar refractivity (Wildman–Crippen MR) is 43.3 cm³/mol. The first kappa shape index (κ1) is 8.46. The molecule has 1 aromatic rings. The van der Waals surface area contributed by atoms with E-state index in [2.05, 4.69) is 15.9 Å². The molecule has 0 aliphatic carbocycles. The molecule has 0 unspecified atom stereocenters. The van der Waals surface area contributed by atoms with Gasteiger partial charge in [-0.25, -0.2) is 8.78 Å². The standard InChI is InChI=1S/C7H6BrF2N/c8-5-1-4(3-9)2-6(11)7(5)10/h1-2H,3,11H2. The molecule has 0 spiro atoms. The van der Waals surface area contributed by atoms with Gasteiger partial charge in [0.15, 0.2) is 5.82 Å². The van der Waals surface area contributed by atoms with Gasteiger partial charge in [-0.2, -0.15) is 0 Å². The number of rotatable bonds is 1. The smallest absolute Gasteiger partial charge is 0.160 e. The molecule has 0 fully saturated rings. The lowest BCUT2D eigenvalue weighted by Gasteiger charge is -2.01. The third kappa shape index (κ3) is 1.68. The van der Waals surface area contributed by atoms with Crippen LogP contribution < -0.4 is 5.73 Å². The van der Waals surface area contributed by atoms with Gasteiger partial charge in [0.05, 0.1) is 10.2 Å². The van der Waals surface area contributed by atoms with E-state index in [4.69, 9.17) is 5.73 Å². The average Bonchev–Trinajstić information content (AvgIpc) is 1.99. The van der Waals surface area contributed by atoms with Gasteiger partial charge in [-0.15, -0.1) is 0 Å². The zero-order valence-corrected chi connectivity index (χ0v) is 7.16. The van der Waals surface area contributed by atoms with Gasteiger partial charge < -0.3 is 5.73 Å². The first-order chi connectivity index (χ1) is 5.15. The Kier molecular flexibility index (Phi) is 2.44. The number of anilines is 1. The zero-order chi connectivity index (χ0) is 8.43. The lowest BCUT2D eigenvalue weighted by atomic mass is 10.2. The number of nitrogens with two attached hydrogens (primary N) is 1. The van der Waals surface area contributed by atoms with Crippen molar-refractivity contribution in [1.82, 2.24) is 0 Å². The molecular weight excluding hydrogens is 216 g/mol. The fourth-order valence-corrected chi connectivity index (χ4v) is 1.27. The Morgan fingerprint density at radius 3 is 2.55 bits per heavy atom. The predicted octanol–water partition coefficient (Wildman–Crippen LogP) is 2.64. The third-order valence-corrected chi connectivity index (χ3v) is 1.85. The van der Waals surface area contributed by atoms with Crippen molar-refractivity contribution in [2.24, 2.45) is 0 Å². The van der Waals surface area contributed by atoms with E-state index in [0.717, 1.165) is 0 Å². The maximum Gasteiger partial charge on any atom is 0.160 e. The molecule has 0 amide bonds. The van der Waals surface area contributed by atoms with Crippen molar-refractivity contribution < 1.29 is 8.78 Å². The Labute approximate surface area is 71.3 Å². The zero-order valence-electron chi connectivity index (χ0n) is 5.57. The molecule has 1 aromatic carbocycles. The van der Waals surface area contributed by atoms with Gasteiger partial charge in [-0.3, -0.25) is 0 Å². The van der Waals surface area contributed by atoms with Crippen LogP contribution in [-0.4, -0.2) is 0 Å². The van der Waals surface area contributed by atoms with Crippen molar-refractivity contribution in [2.45, 2.75) is 6.67 Å². The summed E-state index contributed by atoms with van der Waals surface area (Å²) in [6.45, 7) is -0.636. The van der Waals surface area contributed by atoms with E-state index in [0.29, 0.717) is 5.56 Å². The molecule has 0 saturated heterocycles. The lowest BCUT2D eigenvalue weighted by molar-refractivity contribution is 0.484. The molecule has 1 rings (SSSR count). The van der Waals surface area contributed by atoms with Crippen LogP contribution in [0.25, 0.3) is 0 Å². The highest BCUT2D eigenvalue weighted by Gasteiger charge is 2.05. The summed E-state index contributed by atoms with van der Waals surface area (Å²) in [4.78, 5) is 0. The number of halogens is 3. The molecule has 0 saturated carbocycles. The van der Waals surface area contributed by atoms with Gasteiger partial charge in [0.25, 0.3) is 0 Å². The second-order valence-electron chi connectivity index (χ2n) is 2.11. The summed E-state index contributed by atoms with van der Waals surface area (Å²) in [5.74, 6) is -0.540. The molecule has 2 N–H and O–H groups in total. The molecule has 0 heterocycles. The lowest BCUT2D eigenvalue weighted by Crippen LogP contribution is -1.93. The van der Waals surface area contributed by atoms with Crippen molar-refractivity contribution in [3.63, 3.8) is 0 Å². The molecule has 0 radical (unpaired) electrons. The van der Waals surface area contributed by atoms with Gasteiger partial charge in [-0.05, 0) is 33.6 Å². The van der Waals surface area contributed by atoms with Crippen LogP contribution in [0.4, 0.5) is 14.5 Å². The Bertz CT molecular complexity index is 252. The Morgan fingerprint density at radius 2 is 2.09 bits per heavy atom. The minimum absolute atomic E-state index is 0.0352. The van der Waals surface area contributed by atoms with E-state index < -0.39 is 12.5 Å². The maximum absolute atomic E-state index is 12.8. The SMILES string of the molecule is Nc1cc(CF)cc(Br)c1F. The van der Waals surface area contributed by atoms with Gasteiger partial charge >= 0.3 is 0 Å². The second kappa shape index (κ2) is 3.17. The number of hydrogen-bond donors (Lipinski definition) is 1. The fourth-order valence-electron chi connectivity index (χ4n) is 0.746. The molecule has 4 heteroatoms. The van der Waals surface area contributed by atoms with E-state index in [1.54, 1.807) is 0 Å². The largest absolute Gasteiger partial charge is 0.396 e. The van der Waals surface area contributed by atoms with E-state index in [-0.39, 0.29) is 10.2 Å². The summed E-state index contributed by atoms with van der Waals surface area (Å²) in [6, 6.07) is 2.64. The highest BCUT2D eigenvalue weighted by atomic mass is 79.9. The monoisotopic (exact) mass is 221 g/mol. The molecule has 0 atom stereocenters. The normalized spacial score (nSPS) is 10.1. The van der Waals surface area contributed by atoms with Gasteiger partial charge in [0.2, 0.25) is 0 Å². The van der Waals surface area contributed by atoms with Crippen LogP contribution in [0.5, 0.6) is 0 Å². The Balaban J connectivity index is 3.21. The van der Waals surface area contributed by atoms with E-state index >= 15 is 0 Å². The topological polar surface area (TPSA) is 26.0 Å². The minimum Gasteiger partial charge on any atom is -0.396 e. The summed E-state index contributed by atoms with van der Waals surface area (Å²) in [5, 5.41) is 0. The first-order valence-corrected chi connectivity index (χ1v) is 3.74. The molecular formula is C7H6BrF2N. The average molecular weight is 222 g/mol. The van der Waals surface area contributed by atoms with Crippen molar-refractivity contribution in [3.8, 4) is 0 Å². The molecule has 0 bridgehead atoms. The maximum atomic E-state index is 12.8. The van der Waals surface area contributed by atoms with Gasteiger partial charge in [-0.1, -0.05) is 0 Å². The molecule has 0 aliphatic rings. The van der Waals surface area contributed by atoms with Crippen LogP contribution >= 0.6 is 15.9 Å². The van der Waals surface area contributed by atoms with Crippen molar-refractivity contribution >= 4 is 21.6 Å². The van der Waals surface area contributed by atoms with Crippen LogP contribution in [0.1, 0.15) is 5.56 Å². The van der Waals surface area contributed by atoms with Crippen LogP contribution in [0.3, 0.4) is 0 Å². The molecule has 0 aromatic heterocycles. The van der Waals surface area contributed by atoms with E-state index in [9.17, 15) is 8.78 Å². The quantitative estimate of drug-likeness (QED) is 0.726. The van der Waals surface area contributed by atoms with Gasteiger partial charge in [0.1, 0.15) is 6.67 Å². The summed E-state index contributed by atoms with van der Waals surface area (Å²) in [6.07, 6.45) is 0. The highest BCUT2D eigenvalue weighted by molar-refractivity contribution is 9.10. The van der Waals surface area contributed by atoms with Crippen molar-refractivity contribution in [2.75, 3.05) is 5.73 Å². The number of benzene rings is 1. The number of nitrogen functional groups attached to an aromatic ring is 1. The van der Waals surface area contributed by atoms with Gasteiger partial charge in [0, 0.05) is 0 Å². The summed E-state index contributed by atoms with van der Waals surface area (Å²) in [7, 11) is 0. The highest BCUT2D eigenvalue weighted by Crippen LogP contribution is 2.23. The van der Waals surface area contributed by atoms with Crippen LogP contribution in [0.2, 0.25) is 0 Å². The minimum atomic E-state index is -0.636. The third-order valence-electron chi connectivity index (χ3n) is 1.27. The molecule has 1 nitrogen and oxygen atoms in total. The first-order valence-electron chi connectivity index (χ1n) is 2.94. The molecule has 0 aliphatic heterocycles. The molecule has 11 heavy (non-hydrogen) atoms. The van der Waals surface area contributed by atoms with Crippen LogP contribution in [0, 0.1) is 5.82 Å². The summed E-state index contributed by atoms with van der Waals surface area (Å²) >= 11 is 2.92. The second-order valence-corrected chi connectivity index (χ2v) is 2.97. The van der Waals surface area contributed by atoms with Crippen molar-refractivity contribution in [1.29, 1.82) is 0 Å².